The van der Waals surface area contributed by atoms with Crippen LogP contribution in [0.15, 0.2) is 60.7 Å². The number of nitrogens with two attached hydrogens (primary N) is 1. The minimum Gasteiger partial charge on any atom is -0.319 e. The van der Waals surface area contributed by atoms with Gasteiger partial charge in [-0.3, -0.25) is 19.7 Å². The molecule has 0 radical (unpaired) electrons. The van der Waals surface area contributed by atoms with Crippen molar-refractivity contribution in [1.29, 1.82) is 0 Å². The lowest BCUT2D eigenvalue weighted by atomic mass is 9.96. The number of thioether (sulfide) groups is 3. The van der Waals surface area contributed by atoms with Crippen LogP contribution in [0.4, 0.5) is 0 Å². The van der Waals surface area contributed by atoms with Gasteiger partial charge in [0.15, 0.2) is 0 Å². The van der Waals surface area contributed by atoms with Crippen molar-refractivity contribution in [3.05, 3.63) is 71.8 Å². The van der Waals surface area contributed by atoms with Crippen LogP contribution in [0, 0.1) is 5.92 Å². The van der Waals surface area contributed by atoms with Crippen LogP contribution in [0.25, 0.3) is 0 Å². The lowest BCUT2D eigenvalue weighted by Crippen LogP contribution is -2.47. The molecule has 3 N–H and O–H groups in total. The summed E-state index contributed by atoms with van der Waals surface area (Å²) >= 11 is 4.42. The first kappa shape index (κ1) is 25.5. The fourth-order valence-electron chi connectivity index (χ4n) is 2.83. The molecule has 166 valence electrons. The van der Waals surface area contributed by atoms with Crippen molar-refractivity contribution >= 4 is 52.2 Å². The summed E-state index contributed by atoms with van der Waals surface area (Å²) in [5.41, 5.74) is 7.57. The zero-order chi connectivity index (χ0) is 22.5. The molecule has 0 aliphatic carbocycles. The number of carbonyl (C=O) groups excluding carboxylic acids is 3. The smallest absolute Gasteiger partial charge is 0.244 e. The molecular weight excluding hydrogens is 448 g/mol. The summed E-state index contributed by atoms with van der Waals surface area (Å²) in [5, 5.41) is 3.30. The third-order valence-corrected chi connectivity index (χ3v) is 7.63. The van der Waals surface area contributed by atoms with Gasteiger partial charge in [0.2, 0.25) is 16.9 Å². The van der Waals surface area contributed by atoms with Crippen LogP contribution >= 0.6 is 35.3 Å². The summed E-state index contributed by atoms with van der Waals surface area (Å²) in [6.45, 7) is 0. The molecule has 2 rings (SSSR count). The molecule has 2 aromatic carbocycles. The highest BCUT2D eigenvalue weighted by atomic mass is 32.2. The molecule has 31 heavy (non-hydrogen) atoms. The molecular formula is C23H28N2O3S3. The number of hydrogen-bond donors (Lipinski definition) is 2. The van der Waals surface area contributed by atoms with Gasteiger partial charge in [-0.15, -0.1) is 11.8 Å². The summed E-state index contributed by atoms with van der Waals surface area (Å²) in [6, 6.07) is 18.0. The fourth-order valence-corrected chi connectivity index (χ4v) is 5.17. The topological polar surface area (TPSA) is 89.3 Å². The van der Waals surface area contributed by atoms with E-state index in [1.54, 1.807) is 35.7 Å². The molecule has 8 heteroatoms. The van der Waals surface area contributed by atoms with Crippen LogP contribution in [0.5, 0.6) is 0 Å². The van der Waals surface area contributed by atoms with Gasteiger partial charge >= 0.3 is 0 Å². The molecule has 2 atom stereocenters. The molecule has 0 heterocycles. The zero-order valence-electron chi connectivity index (χ0n) is 17.5. The van der Waals surface area contributed by atoms with Crippen molar-refractivity contribution in [3.63, 3.8) is 0 Å². The maximum absolute atomic E-state index is 12.8. The highest BCUT2D eigenvalue weighted by Crippen LogP contribution is 2.19. The second-order valence-corrected chi connectivity index (χ2v) is 10.2. The average Bonchev–Trinajstić information content (AvgIpc) is 2.79. The Hall–Kier alpha value is -1.74. The SMILES string of the molecule is CSCSC[C@H](N)C(=O)NC(=O)C(CCSC(=O)c1ccccc1)Cc1ccccc1. The van der Waals surface area contributed by atoms with Crippen LogP contribution in [0.1, 0.15) is 22.3 Å². The minimum atomic E-state index is -0.729. The normalized spacial score (nSPS) is 12.7. The average molecular weight is 477 g/mol. The third-order valence-electron chi connectivity index (χ3n) is 4.49. The molecule has 0 spiro atoms. The van der Waals surface area contributed by atoms with Gasteiger partial charge in [-0.1, -0.05) is 72.4 Å². The number of amides is 2. The second-order valence-electron chi connectivity index (χ2n) is 6.91. The molecule has 0 saturated carbocycles. The lowest BCUT2D eigenvalue weighted by molar-refractivity contribution is -0.133. The Labute approximate surface area is 196 Å². The summed E-state index contributed by atoms with van der Waals surface area (Å²) in [4.78, 5) is 37.5. The third kappa shape index (κ3) is 9.51. The Morgan fingerprint density at radius 2 is 1.61 bits per heavy atom. The van der Waals surface area contributed by atoms with E-state index in [-0.39, 0.29) is 11.0 Å². The van der Waals surface area contributed by atoms with E-state index in [1.165, 1.54) is 11.8 Å². The van der Waals surface area contributed by atoms with Crippen LogP contribution in [-0.2, 0) is 16.0 Å². The van der Waals surface area contributed by atoms with Gasteiger partial charge in [-0.25, -0.2) is 0 Å². The first-order valence-electron chi connectivity index (χ1n) is 9.94. The van der Waals surface area contributed by atoms with Gasteiger partial charge in [0.05, 0.1) is 6.04 Å². The number of rotatable bonds is 12. The van der Waals surface area contributed by atoms with Crippen LogP contribution < -0.4 is 11.1 Å². The van der Waals surface area contributed by atoms with Crippen molar-refractivity contribution in [3.8, 4) is 0 Å². The van der Waals surface area contributed by atoms with E-state index in [9.17, 15) is 14.4 Å². The number of nitrogens with one attached hydrogen (secondary N) is 1. The molecule has 0 aliphatic rings. The Kier molecular flexibility index (Phi) is 11.8. The molecule has 5 nitrogen and oxygen atoms in total. The van der Waals surface area contributed by atoms with E-state index in [4.69, 9.17) is 5.73 Å². The Morgan fingerprint density at radius 3 is 2.26 bits per heavy atom. The first-order valence-corrected chi connectivity index (χ1v) is 13.5. The largest absolute Gasteiger partial charge is 0.319 e. The molecule has 2 aromatic rings. The van der Waals surface area contributed by atoms with Crippen LogP contribution in [0.2, 0.25) is 0 Å². The second kappa shape index (κ2) is 14.3. The monoisotopic (exact) mass is 476 g/mol. The summed E-state index contributed by atoms with van der Waals surface area (Å²) in [6.07, 6.45) is 2.96. The number of carbonyl (C=O) groups is 3. The lowest BCUT2D eigenvalue weighted by Gasteiger charge is -2.18. The van der Waals surface area contributed by atoms with Crippen molar-refractivity contribution in [2.45, 2.75) is 18.9 Å². The molecule has 0 fully saturated rings. The minimum absolute atomic E-state index is 0.0246. The summed E-state index contributed by atoms with van der Waals surface area (Å²) in [5.74, 6) is -0.266. The van der Waals surface area contributed by atoms with Gasteiger partial charge in [-0.05, 0) is 24.7 Å². The van der Waals surface area contributed by atoms with E-state index < -0.39 is 17.9 Å². The van der Waals surface area contributed by atoms with Gasteiger partial charge in [0, 0.05) is 28.1 Å². The Balaban J connectivity index is 1.94. The van der Waals surface area contributed by atoms with E-state index in [2.05, 4.69) is 5.32 Å². The van der Waals surface area contributed by atoms with Crippen molar-refractivity contribution < 1.29 is 14.4 Å². The van der Waals surface area contributed by atoms with Crippen LogP contribution in [0.3, 0.4) is 0 Å². The summed E-state index contributed by atoms with van der Waals surface area (Å²) in [7, 11) is 0. The molecule has 0 aromatic heterocycles. The number of benzene rings is 2. The van der Waals surface area contributed by atoms with Gasteiger partial charge in [-0.2, -0.15) is 11.8 Å². The molecule has 0 aliphatic heterocycles. The predicted octanol–water partition coefficient (Wildman–Crippen LogP) is 3.83. The fraction of sp³-hybridized carbons (Fsp3) is 0.348. The Bertz CT molecular complexity index is 834. The zero-order valence-corrected chi connectivity index (χ0v) is 19.9. The highest BCUT2D eigenvalue weighted by molar-refractivity contribution is 8.15. The standard InChI is InChI=1S/C23H28N2O3S3/c1-29-16-30-15-20(24)22(27)25-21(26)19(14-17-8-4-2-5-9-17)12-13-31-23(28)18-10-6-3-7-11-18/h2-11,19-20H,12-16,24H2,1H3,(H,25,26,27)/t19?,20-/m0/s1. The maximum atomic E-state index is 12.8. The van der Waals surface area contributed by atoms with Crippen LogP contribution in [-0.4, -0.2) is 45.8 Å². The number of imide groups is 1. The summed E-state index contributed by atoms with van der Waals surface area (Å²) < 4.78 is 0. The molecule has 2 amide bonds. The Morgan fingerprint density at radius 1 is 0.968 bits per heavy atom. The van der Waals surface area contributed by atoms with Gasteiger partial charge < -0.3 is 5.73 Å². The molecule has 0 bridgehead atoms. The highest BCUT2D eigenvalue weighted by Gasteiger charge is 2.24. The maximum Gasteiger partial charge on any atom is 0.244 e. The predicted molar refractivity (Wildman–Crippen MR) is 133 cm³/mol. The van der Waals surface area contributed by atoms with E-state index in [0.717, 1.165) is 10.6 Å². The molecule has 1 unspecified atom stereocenters. The first-order chi connectivity index (χ1) is 15.0. The van der Waals surface area contributed by atoms with Crippen molar-refractivity contribution in [1.82, 2.24) is 5.32 Å². The van der Waals surface area contributed by atoms with E-state index >= 15 is 0 Å². The van der Waals surface area contributed by atoms with Crippen molar-refractivity contribution in [2.24, 2.45) is 11.7 Å². The van der Waals surface area contributed by atoms with Gasteiger partial charge in [0.1, 0.15) is 0 Å². The van der Waals surface area contributed by atoms with E-state index in [0.29, 0.717) is 29.9 Å². The van der Waals surface area contributed by atoms with Crippen molar-refractivity contribution in [2.75, 3.05) is 22.8 Å². The van der Waals surface area contributed by atoms with Gasteiger partial charge in [0.25, 0.3) is 0 Å². The molecule has 0 saturated heterocycles. The van der Waals surface area contributed by atoms with E-state index in [1.807, 2.05) is 54.8 Å². The quantitative estimate of drug-likeness (QED) is 0.355. The number of hydrogen-bond acceptors (Lipinski definition) is 7.